The molecule has 4 nitrogen and oxygen atoms in total. The molecule has 2 aromatic rings. The van der Waals surface area contributed by atoms with Crippen LogP contribution in [0.15, 0.2) is 60.7 Å². The van der Waals surface area contributed by atoms with Crippen molar-refractivity contribution in [2.24, 2.45) is 11.7 Å². The lowest BCUT2D eigenvalue weighted by Crippen LogP contribution is -2.43. The lowest BCUT2D eigenvalue weighted by Gasteiger charge is -2.27. The maximum atomic E-state index is 12.9. The van der Waals surface area contributed by atoms with Gasteiger partial charge in [-0.3, -0.25) is 4.79 Å². The monoisotopic (exact) mass is 310 g/mol. The first kappa shape index (κ1) is 15.7. The van der Waals surface area contributed by atoms with E-state index >= 15 is 0 Å². The third kappa shape index (κ3) is 3.97. The second kappa shape index (κ2) is 7.40. The Morgan fingerprint density at radius 1 is 0.957 bits per heavy atom. The Labute approximate surface area is 136 Å². The molecule has 1 heterocycles. The molecule has 2 atom stereocenters. The molecule has 23 heavy (non-hydrogen) atoms. The molecule has 0 aromatic heterocycles. The third-order valence-electron chi connectivity index (χ3n) is 4.19. The van der Waals surface area contributed by atoms with Crippen molar-refractivity contribution >= 4 is 5.91 Å². The minimum atomic E-state index is -0.248. The molecule has 4 heteroatoms. The zero-order valence-electron chi connectivity index (χ0n) is 13.1. The topological polar surface area (TPSA) is 55.6 Å². The molecule has 2 aromatic carbocycles. The maximum Gasteiger partial charge on any atom is 0.230 e. The van der Waals surface area contributed by atoms with Crippen LogP contribution in [0.25, 0.3) is 0 Å². The number of hydrogen-bond donors (Lipinski definition) is 1. The highest BCUT2D eigenvalue weighted by Crippen LogP contribution is 2.19. The largest absolute Gasteiger partial charge is 0.379 e. The summed E-state index contributed by atoms with van der Waals surface area (Å²) in [5.41, 5.74) is 8.26. The quantitative estimate of drug-likeness (QED) is 0.921. The number of ether oxygens (including phenoxy) is 1. The molecule has 0 aliphatic carbocycles. The molecule has 1 saturated heterocycles. The Balaban J connectivity index is 1.79. The summed E-state index contributed by atoms with van der Waals surface area (Å²) in [6.45, 7) is 2.04. The minimum Gasteiger partial charge on any atom is -0.379 e. The molecule has 1 fully saturated rings. The van der Waals surface area contributed by atoms with E-state index in [4.69, 9.17) is 10.5 Å². The van der Waals surface area contributed by atoms with Crippen molar-refractivity contribution in [3.8, 4) is 0 Å². The van der Waals surface area contributed by atoms with Gasteiger partial charge in [-0.2, -0.15) is 0 Å². The number of nitrogens with two attached hydrogens (primary N) is 1. The first-order valence-corrected chi connectivity index (χ1v) is 7.94. The van der Waals surface area contributed by atoms with Crippen LogP contribution in [-0.2, 0) is 22.6 Å². The molecule has 0 bridgehead atoms. The molecule has 2 unspecified atom stereocenters. The van der Waals surface area contributed by atoms with Crippen molar-refractivity contribution in [1.29, 1.82) is 0 Å². The normalized spacial score (nSPS) is 20.4. The fraction of sp³-hybridized carbons (Fsp3) is 0.316. The summed E-state index contributed by atoms with van der Waals surface area (Å²) in [6.07, 6.45) is 0. The molecule has 120 valence electrons. The molecule has 0 spiro atoms. The van der Waals surface area contributed by atoms with Crippen molar-refractivity contribution < 1.29 is 9.53 Å². The van der Waals surface area contributed by atoms with Crippen molar-refractivity contribution in [3.05, 3.63) is 71.8 Å². The van der Waals surface area contributed by atoms with Gasteiger partial charge >= 0.3 is 0 Å². The van der Waals surface area contributed by atoms with Crippen molar-refractivity contribution in [2.75, 3.05) is 13.2 Å². The van der Waals surface area contributed by atoms with Crippen LogP contribution >= 0.6 is 0 Å². The number of rotatable bonds is 5. The van der Waals surface area contributed by atoms with Gasteiger partial charge < -0.3 is 15.4 Å². The summed E-state index contributed by atoms with van der Waals surface area (Å²) in [5, 5.41) is 0. The Morgan fingerprint density at radius 2 is 1.48 bits per heavy atom. The van der Waals surface area contributed by atoms with E-state index in [2.05, 4.69) is 0 Å². The smallest absolute Gasteiger partial charge is 0.230 e. The van der Waals surface area contributed by atoms with Gasteiger partial charge in [-0.25, -0.2) is 0 Å². The first-order chi connectivity index (χ1) is 11.2. The molecule has 1 amide bonds. The Morgan fingerprint density at radius 3 is 1.91 bits per heavy atom. The van der Waals surface area contributed by atoms with Gasteiger partial charge in [0.25, 0.3) is 0 Å². The summed E-state index contributed by atoms with van der Waals surface area (Å²) in [5.74, 6) is -0.176. The van der Waals surface area contributed by atoms with Gasteiger partial charge in [0.15, 0.2) is 0 Å². The van der Waals surface area contributed by atoms with E-state index in [9.17, 15) is 4.79 Å². The zero-order chi connectivity index (χ0) is 16.1. The zero-order valence-corrected chi connectivity index (χ0v) is 13.1. The highest BCUT2D eigenvalue weighted by atomic mass is 16.5. The summed E-state index contributed by atoms with van der Waals surface area (Å²) >= 11 is 0. The van der Waals surface area contributed by atoms with Gasteiger partial charge in [-0.1, -0.05) is 60.7 Å². The average Bonchev–Trinajstić information content (AvgIpc) is 3.01. The third-order valence-corrected chi connectivity index (χ3v) is 4.19. The van der Waals surface area contributed by atoms with Gasteiger partial charge in [-0.15, -0.1) is 0 Å². The lowest BCUT2D eigenvalue weighted by atomic mass is 10.0. The van der Waals surface area contributed by atoms with Gasteiger partial charge in [0.1, 0.15) is 0 Å². The average molecular weight is 310 g/mol. The fourth-order valence-corrected chi connectivity index (χ4v) is 2.88. The van der Waals surface area contributed by atoms with Crippen LogP contribution in [-0.4, -0.2) is 30.1 Å². The molecule has 2 N–H and O–H groups in total. The molecular formula is C19H22N2O2. The highest BCUT2D eigenvalue weighted by Gasteiger charge is 2.34. The van der Waals surface area contributed by atoms with Crippen molar-refractivity contribution in [2.45, 2.75) is 19.1 Å². The Kier molecular flexibility index (Phi) is 5.05. The summed E-state index contributed by atoms with van der Waals surface area (Å²) in [7, 11) is 0. The number of benzene rings is 2. The molecular weight excluding hydrogens is 288 g/mol. The number of amides is 1. The predicted octanol–water partition coefficient (Wildman–Crippen LogP) is 2.19. The Bertz CT molecular complexity index is 589. The van der Waals surface area contributed by atoms with E-state index in [1.807, 2.05) is 65.6 Å². The van der Waals surface area contributed by atoms with E-state index in [0.717, 1.165) is 11.1 Å². The number of carbonyl (C=O) groups excluding carboxylic acids is 1. The molecule has 1 aliphatic heterocycles. The minimum absolute atomic E-state index is 0.0720. The Hall–Kier alpha value is -2.17. The van der Waals surface area contributed by atoms with Gasteiger partial charge in [0.2, 0.25) is 5.91 Å². The van der Waals surface area contributed by atoms with Gasteiger partial charge in [0, 0.05) is 19.1 Å². The summed E-state index contributed by atoms with van der Waals surface area (Å²) in [6, 6.07) is 19.9. The van der Waals surface area contributed by atoms with E-state index in [0.29, 0.717) is 26.3 Å². The van der Waals surface area contributed by atoms with Crippen LogP contribution in [0.2, 0.25) is 0 Å². The number of nitrogens with zero attached hydrogens (tertiary/aromatic N) is 1. The van der Waals surface area contributed by atoms with Gasteiger partial charge in [0.05, 0.1) is 19.1 Å². The summed E-state index contributed by atoms with van der Waals surface area (Å²) in [4.78, 5) is 14.8. The fourth-order valence-electron chi connectivity index (χ4n) is 2.88. The second-order valence-electron chi connectivity index (χ2n) is 5.97. The van der Waals surface area contributed by atoms with Crippen LogP contribution in [0.3, 0.4) is 0 Å². The molecule has 1 aliphatic rings. The van der Waals surface area contributed by atoms with E-state index < -0.39 is 0 Å². The van der Waals surface area contributed by atoms with E-state index in [1.54, 1.807) is 0 Å². The van der Waals surface area contributed by atoms with Crippen molar-refractivity contribution in [1.82, 2.24) is 4.90 Å². The summed E-state index contributed by atoms with van der Waals surface area (Å²) < 4.78 is 5.37. The van der Waals surface area contributed by atoms with Crippen LogP contribution in [0.4, 0.5) is 0 Å². The van der Waals surface area contributed by atoms with Crippen molar-refractivity contribution in [3.63, 3.8) is 0 Å². The van der Waals surface area contributed by atoms with Gasteiger partial charge in [-0.05, 0) is 11.1 Å². The van der Waals surface area contributed by atoms with Crippen LogP contribution in [0.5, 0.6) is 0 Å². The number of carbonyl (C=O) groups is 1. The SMILES string of the molecule is NC1COCC1C(=O)N(Cc1ccccc1)Cc1ccccc1. The van der Waals surface area contributed by atoms with Crippen LogP contribution in [0, 0.1) is 5.92 Å². The number of hydrogen-bond acceptors (Lipinski definition) is 3. The second-order valence-corrected chi connectivity index (χ2v) is 5.97. The van der Waals surface area contributed by atoms with E-state index in [-0.39, 0.29) is 17.9 Å². The van der Waals surface area contributed by atoms with E-state index in [1.165, 1.54) is 0 Å². The lowest BCUT2D eigenvalue weighted by molar-refractivity contribution is -0.137. The standard InChI is InChI=1S/C19H22N2O2/c20-18-14-23-13-17(18)19(22)21(11-15-7-3-1-4-8-15)12-16-9-5-2-6-10-16/h1-10,17-18H,11-14,20H2. The predicted molar refractivity (Wildman–Crippen MR) is 89.4 cm³/mol. The molecule has 3 rings (SSSR count). The maximum absolute atomic E-state index is 12.9. The van der Waals surface area contributed by atoms with Crippen LogP contribution in [0.1, 0.15) is 11.1 Å². The van der Waals surface area contributed by atoms with Crippen LogP contribution < -0.4 is 5.73 Å². The first-order valence-electron chi connectivity index (χ1n) is 7.94. The molecule has 0 radical (unpaired) electrons. The molecule has 0 saturated carbocycles. The highest BCUT2D eigenvalue weighted by molar-refractivity contribution is 5.80.